The van der Waals surface area contributed by atoms with E-state index in [9.17, 15) is 0 Å². The summed E-state index contributed by atoms with van der Waals surface area (Å²) >= 11 is 0. The van der Waals surface area contributed by atoms with Crippen LogP contribution in [0, 0.1) is 0 Å². The summed E-state index contributed by atoms with van der Waals surface area (Å²) in [5, 5.41) is 0. The van der Waals surface area contributed by atoms with Gasteiger partial charge in [-0.25, -0.2) is 0 Å². The van der Waals surface area contributed by atoms with E-state index in [4.69, 9.17) is 4.74 Å². The van der Waals surface area contributed by atoms with Gasteiger partial charge in [-0.15, -0.1) is 0 Å². The molecule has 82 valence electrons. The lowest BCUT2D eigenvalue weighted by molar-refractivity contribution is 0.252. The number of ether oxygens (including phenoxy) is 1. The second kappa shape index (κ2) is 5.17. The highest BCUT2D eigenvalue weighted by molar-refractivity contribution is 5.33. The van der Waals surface area contributed by atoms with Gasteiger partial charge in [0.2, 0.25) is 0 Å². The van der Waals surface area contributed by atoms with Crippen LogP contribution in [0.2, 0.25) is 0 Å². The summed E-state index contributed by atoms with van der Waals surface area (Å²) in [7, 11) is 2.19. The average molecular weight is 205 g/mol. The molecular formula is C13H19NO. The van der Waals surface area contributed by atoms with E-state index in [2.05, 4.69) is 36.2 Å². The van der Waals surface area contributed by atoms with E-state index in [1.165, 1.54) is 18.5 Å². The lowest BCUT2D eigenvalue weighted by atomic mass is 10.1. The molecule has 1 aromatic rings. The minimum absolute atomic E-state index is 0.835. The Hall–Kier alpha value is -1.02. The molecule has 0 spiro atoms. The van der Waals surface area contributed by atoms with E-state index in [0.717, 1.165) is 31.7 Å². The van der Waals surface area contributed by atoms with Gasteiger partial charge in [0.15, 0.2) is 0 Å². The van der Waals surface area contributed by atoms with Gasteiger partial charge in [-0.2, -0.15) is 0 Å². The first-order valence-corrected chi connectivity index (χ1v) is 5.75. The molecule has 0 N–H and O–H groups in total. The van der Waals surface area contributed by atoms with Crippen molar-refractivity contribution in [1.29, 1.82) is 0 Å². The Morgan fingerprint density at radius 3 is 2.87 bits per heavy atom. The highest BCUT2D eigenvalue weighted by atomic mass is 16.5. The van der Waals surface area contributed by atoms with Gasteiger partial charge in [0, 0.05) is 6.54 Å². The summed E-state index contributed by atoms with van der Waals surface area (Å²) in [4.78, 5) is 2.39. The van der Waals surface area contributed by atoms with Crippen molar-refractivity contribution in [3.05, 3.63) is 29.8 Å². The van der Waals surface area contributed by atoms with E-state index in [1.807, 2.05) is 0 Å². The predicted molar refractivity (Wildman–Crippen MR) is 62.4 cm³/mol. The molecule has 0 atom stereocenters. The molecule has 2 rings (SSSR count). The third kappa shape index (κ3) is 2.96. The second-order valence-corrected chi connectivity index (χ2v) is 4.22. The molecule has 2 heteroatoms. The summed E-state index contributed by atoms with van der Waals surface area (Å²) in [6, 6.07) is 8.41. The molecular weight excluding hydrogens is 186 g/mol. The Morgan fingerprint density at radius 1 is 1.13 bits per heavy atom. The lowest BCUT2D eigenvalue weighted by Crippen LogP contribution is -2.23. The Morgan fingerprint density at radius 2 is 1.93 bits per heavy atom. The quantitative estimate of drug-likeness (QED) is 0.644. The fourth-order valence-electron chi connectivity index (χ4n) is 2.02. The van der Waals surface area contributed by atoms with Crippen LogP contribution in [0.5, 0.6) is 5.75 Å². The molecule has 0 fully saturated rings. The average Bonchev–Trinajstić information content (AvgIpc) is 2.26. The van der Waals surface area contributed by atoms with E-state index in [0.29, 0.717) is 0 Å². The molecule has 1 aliphatic rings. The number of rotatable bonds is 0. The van der Waals surface area contributed by atoms with Crippen LogP contribution >= 0.6 is 0 Å². The van der Waals surface area contributed by atoms with E-state index in [-0.39, 0.29) is 0 Å². The highest BCUT2D eigenvalue weighted by Crippen LogP contribution is 2.20. The molecule has 0 saturated carbocycles. The van der Waals surface area contributed by atoms with Gasteiger partial charge in [0.1, 0.15) is 5.75 Å². The highest BCUT2D eigenvalue weighted by Gasteiger charge is 2.06. The Balaban J connectivity index is 2.08. The normalized spacial score (nSPS) is 19.0. The smallest absolute Gasteiger partial charge is 0.122 e. The maximum Gasteiger partial charge on any atom is 0.122 e. The van der Waals surface area contributed by atoms with Crippen molar-refractivity contribution in [2.75, 3.05) is 26.7 Å². The molecule has 0 saturated heterocycles. The van der Waals surface area contributed by atoms with Gasteiger partial charge in [-0.1, -0.05) is 18.2 Å². The Kier molecular flexibility index (Phi) is 3.62. The SMILES string of the molecule is CN1CCCOc2ccccc2CCC1. The number of hydrogen-bond acceptors (Lipinski definition) is 2. The number of hydrogen-bond donors (Lipinski definition) is 0. The van der Waals surface area contributed by atoms with Gasteiger partial charge in [-0.3, -0.25) is 0 Å². The topological polar surface area (TPSA) is 12.5 Å². The molecule has 0 aromatic heterocycles. The van der Waals surface area contributed by atoms with Crippen LogP contribution in [0.3, 0.4) is 0 Å². The van der Waals surface area contributed by atoms with Crippen molar-refractivity contribution in [2.45, 2.75) is 19.3 Å². The summed E-state index contributed by atoms with van der Waals surface area (Å²) in [6.07, 6.45) is 3.46. The van der Waals surface area contributed by atoms with Crippen molar-refractivity contribution in [2.24, 2.45) is 0 Å². The largest absolute Gasteiger partial charge is 0.493 e. The predicted octanol–water partition coefficient (Wildman–Crippen LogP) is 2.33. The monoisotopic (exact) mass is 205 g/mol. The van der Waals surface area contributed by atoms with Crippen molar-refractivity contribution in [3.63, 3.8) is 0 Å². The van der Waals surface area contributed by atoms with Crippen molar-refractivity contribution in [1.82, 2.24) is 4.90 Å². The van der Waals surface area contributed by atoms with Gasteiger partial charge in [0.25, 0.3) is 0 Å². The van der Waals surface area contributed by atoms with E-state index in [1.54, 1.807) is 0 Å². The first-order chi connectivity index (χ1) is 7.36. The fraction of sp³-hybridized carbons (Fsp3) is 0.538. The molecule has 1 heterocycles. The van der Waals surface area contributed by atoms with Gasteiger partial charge in [-0.05, 0) is 44.5 Å². The zero-order valence-corrected chi connectivity index (χ0v) is 9.41. The van der Waals surface area contributed by atoms with Crippen LogP contribution in [0.25, 0.3) is 0 Å². The Bertz CT molecular complexity index is 311. The summed E-state index contributed by atoms with van der Waals surface area (Å²) in [5.74, 6) is 1.09. The Labute approximate surface area is 91.9 Å². The molecule has 1 aromatic carbocycles. The number of fused-ring (bicyclic) bond motifs is 1. The zero-order valence-electron chi connectivity index (χ0n) is 9.41. The fourth-order valence-corrected chi connectivity index (χ4v) is 2.02. The molecule has 0 amide bonds. The summed E-state index contributed by atoms with van der Waals surface area (Å²) in [6.45, 7) is 3.16. The zero-order chi connectivity index (χ0) is 10.5. The first kappa shape index (κ1) is 10.5. The lowest BCUT2D eigenvalue weighted by Gasteiger charge is -2.19. The standard InChI is InChI=1S/C13H19NO/c1-14-9-4-7-12-6-2-3-8-13(12)15-11-5-10-14/h2-3,6,8H,4-5,7,9-11H2,1H3. The van der Waals surface area contributed by atoms with Crippen LogP contribution in [0.15, 0.2) is 24.3 Å². The van der Waals surface area contributed by atoms with E-state index >= 15 is 0 Å². The van der Waals surface area contributed by atoms with Crippen LogP contribution in [-0.2, 0) is 6.42 Å². The van der Waals surface area contributed by atoms with Gasteiger partial charge < -0.3 is 9.64 Å². The summed E-state index contributed by atoms with van der Waals surface area (Å²) < 4.78 is 5.79. The summed E-state index contributed by atoms with van der Waals surface area (Å²) in [5.41, 5.74) is 1.35. The number of aryl methyl sites for hydroxylation is 1. The second-order valence-electron chi connectivity index (χ2n) is 4.22. The van der Waals surface area contributed by atoms with Gasteiger partial charge in [0.05, 0.1) is 6.61 Å². The molecule has 0 bridgehead atoms. The molecule has 15 heavy (non-hydrogen) atoms. The number of nitrogens with zero attached hydrogens (tertiary/aromatic N) is 1. The third-order valence-corrected chi connectivity index (χ3v) is 2.90. The molecule has 0 unspecified atom stereocenters. The van der Waals surface area contributed by atoms with Crippen molar-refractivity contribution in [3.8, 4) is 5.75 Å². The number of benzene rings is 1. The molecule has 0 radical (unpaired) electrons. The third-order valence-electron chi connectivity index (χ3n) is 2.90. The molecule has 1 aliphatic heterocycles. The first-order valence-electron chi connectivity index (χ1n) is 5.75. The minimum Gasteiger partial charge on any atom is -0.493 e. The van der Waals surface area contributed by atoms with Crippen molar-refractivity contribution < 1.29 is 4.74 Å². The van der Waals surface area contributed by atoms with Crippen LogP contribution in [0.1, 0.15) is 18.4 Å². The van der Waals surface area contributed by atoms with Gasteiger partial charge >= 0.3 is 0 Å². The van der Waals surface area contributed by atoms with Crippen LogP contribution in [0.4, 0.5) is 0 Å². The van der Waals surface area contributed by atoms with E-state index < -0.39 is 0 Å². The maximum absolute atomic E-state index is 5.79. The minimum atomic E-state index is 0.835. The number of para-hydroxylation sites is 1. The van der Waals surface area contributed by atoms with Crippen LogP contribution < -0.4 is 4.74 Å². The van der Waals surface area contributed by atoms with Crippen LogP contribution in [-0.4, -0.2) is 31.6 Å². The molecule has 2 nitrogen and oxygen atoms in total. The maximum atomic E-state index is 5.79. The molecule has 0 aliphatic carbocycles. The van der Waals surface area contributed by atoms with Crippen molar-refractivity contribution >= 4 is 0 Å².